The Bertz CT molecular complexity index is 775. The van der Waals surface area contributed by atoms with Crippen molar-refractivity contribution in [2.45, 2.75) is 13.1 Å². The van der Waals surface area contributed by atoms with Crippen molar-refractivity contribution in [3.8, 4) is 11.3 Å². The van der Waals surface area contributed by atoms with Crippen molar-refractivity contribution in [3.05, 3.63) is 54.1 Å². The summed E-state index contributed by atoms with van der Waals surface area (Å²) >= 11 is 0. The van der Waals surface area contributed by atoms with E-state index in [4.69, 9.17) is 0 Å². The first-order valence-electron chi connectivity index (χ1n) is 5.93. The van der Waals surface area contributed by atoms with E-state index in [1.807, 2.05) is 0 Å². The van der Waals surface area contributed by atoms with Gasteiger partial charge < -0.3 is 4.40 Å². The lowest BCUT2D eigenvalue weighted by Crippen LogP contribution is -2.11. The number of aromatic nitrogens is 3. The lowest BCUT2D eigenvalue weighted by atomic mass is 10.0. The average molecular weight is 277 g/mol. The molecule has 0 bridgehead atoms. The minimum absolute atomic E-state index is 0.0886. The van der Waals surface area contributed by atoms with E-state index in [1.165, 1.54) is 19.2 Å². The minimum atomic E-state index is -4.45. The highest BCUT2D eigenvalue weighted by molar-refractivity contribution is 5.77. The quantitative estimate of drug-likeness (QED) is 0.678. The van der Waals surface area contributed by atoms with Gasteiger partial charge in [0.15, 0.2) is 0 Å². The number of nitrogens with zero attached hydrogens (tertiary/aromatic N) is 3. The Labute approximate surface area is 112 Å². The van der Waals surface area contributed by atoms with Crippen LogP contribution < -0.4 is 0 Å². The van der Waals surface area contributed by atoms with E-state index in [-0.39, 0.29) is 11.3 Å². The highest BCUT2D eigenvalue weighted by Gasteiger charge is 2.36. The van der Waals surface area contributed by atoms with Crippen molar-refractivity contribution in [1.82, 2.24) is 14.4 Å². The molecule has 0 amide bonds. The summed E-state index contributed by atoms with van der Waals surface area (Å²) in [6.07, 6.45) is 1.89. The van der Waals surface area contributed by atoms with Gasteiger partial charge in [-0.15, -0.1) is 0 Å². The number of hydrogen-bond acceptors (Lipinski definition) is 2. The molecule has 0 spiro atoms. The average Bonchev–Trinajstić information content (AvgIpc) is 2.84. The predicted molar refractivity (Wildman–Crippen MR) is 68.2 cm³/mol. The summed E-state index contributed by atoms with van der Waals surface area (Å²) < 4.78 is 41.4. The second kappa shape index (κ2) is 4.33. The summed E-state index contributed by atoms with van der Waals surface area (Å²) in [5, 5.41) is 0. The van der Waals surface area contributed by atoms with E-state index in [2.05, 4.69) is 9.97 Å². The molecule has 0 atom stereocenters. The third kappa shape index (κ3) is 1.93. The van der Waals surface area contributed by atoms with E-state index >= 15 is 0 Å². The first-order valence-corrected chi connectivity index (χ1v) is 5.93. The first-order chi connectivity index (χ1) is 9.48. The monoisotopic (exact) mass is 277 g/mol. The van der Waals surface area contributed by atoms with Crippen LogP contribution in [-0.2, 0) is 6.18 Å². The Hall–Kier alpha value is -2.37. The molecule has 102 valence electrons. The fourth-order valence-corrected chi connectivity index (χ4v) is 2.25. The zero-order valence-corrected chi connectivity index (χ0v) is 10.5. The second-order valence-corrected chi connectivity index (χ2v) is 4.43. The van der Waals surface area contributed by atoms with Crippen LogP contribution in [0.15, 0.2) is 43.0 Å². The number of alkyl halides is 3. The van der Waals surface area contributed by atoms with Crippen molar-refractivity contribution in [2.75, 3.05) is 0 Å². The number of imidazole rings is 1. The van der Waals surface area contributed by atoms with Gasteiger partial charge in [-0.25, -0.2) is 4.98 Å². The van der Waals surface area contributed by atoms with Crippen LogP contribution in [0.5, 0.6) is 0 Å². The molecular weight excluding hydrogens is 267 g/mol. The SMILES string of the molecule is Cc1ccnc(-c2cccn3ccnc23)c1C(F)(F)F. The molecule has 3 aromatic heterocycles. The Morgan fingerprint density at radius 3 is 2.60 bits per heavy atom. The van der Waals surface area contributed by atoms with Gasteiger partial charge in [-0.3, -0.25) is 4.98 Å². The van der Waals surface area contributed by atoms with E-state index in [9.17, 15) is 13.2 Å². The van der Waals surface area contributed by atoms with Gasteiger partial charge in [-0.2, -0.15) is 13.2 Å². The fraction of sp³-hybridized carbons (Fsp3) is 0.143. The molecule has 0 aliphatic rings. The van der Waals surface area contributed by atoms with E-state index in [0.29, 0.717) is 11.2 Å². The van der Waals surface area contributed by atoms with Gasteiger partial charge in [-0.1, -0.05) is 0 Å². The summed E-state index contributed by atoms with van der Waals surface area (Å²) in [5.41, 5.74) is 0.172. The van der Waals surface area contributed by atoms with Crippen LogP contribution in [0.1, 0.15) is 11.1 Å². The molecule has 0 N–H and O–H groups in total. The maximum Gasteiger partial charge on any atom is 0.418 e. The summed E-state index contributed by atoms with van der Waals surface area (Å²) in [6, 6.07) is 4.63. The van der Waals surface area contributed by atoms with Gasteiger partial charge in [0, 0.05) is 30.4 Å². The van der Waals surface area contributed by atoms with Gasteiger partial charge in [0.2, 0.25) is 0 Å². The molecule has 0 aliphatic carbocycles. The number of aryl methyl sites for hydroxylation is 1. The van der Waals surface area contributed by atoms with Crippen LogP contribution in [0.2, 0.25) is 0 Å². The Kier molecular flexibility index (Phi) is 2.74. The molecule has 0 aliphatic heterocycles. The molecular formula is C14H10F3N3. The molecule has 0 saturated carbocycles. The molecule has 3 nitrogen and oxygen atoms in total. The van der Waals surface area contributed by atoms with Crippen LogP contribution >= 0.6 is 0 Å². The lowest BCUT2D eigenvalue weighted by Gasteiger charge is -2.15. The van der Waals surface area contributed by atoms with E-state index < -0.39 is 11.7 Å². The molecule has 3 heterocycles. The molecule has 3 rings (SSSR count). The Morgan fingerprint density at radius 2 is 1.85 bits per heavy atom. The molecule has 0 saturated heterocycles. The second-order valence-electron chi connectivity index (χ2n) is 4.43. The Morgan fingerprint density at radius 1 is 1.05 bits per heavy atom. The zero-order valence-electron chi connectivity index (χ0n) is 10.5. The number of rotatable bonds is 1. The molecule has 0 radical (unpaired) electrons. The largest absolute Gasteiger partial charge is 0.418 e. The number of fused-ring (bicyclic) bond motifs is 1. The van der Waals surface area contributed by atoms with Gasteiger partial charge in [0.1, 0.15) is 5.65 Å². The highest BCUT2D eigenvalue weighted by Crippen LogP contribution is 2.38. The summed E-state index contributed by atoms with van der Waals surface area (Å²) in [4.78, 5) is 8.04. The van der Waals surface area contributed by atoms with Gasteiger partial charge in [0.25, 0.3) is 0 Å². The Balaban J connectivity index is 2.36. The molecule has 3 aromatic rings. The van der Waals surface area contributed by atoms with Crippen LogP contribution in [-0.4, -0.2) is 14.4 Å². The number of halogens is 3. The number of pyridine rings is 2. The highest BCUT2D eigenvalue weighted by atomic mass is 19.4. The maximum absolute atomic E-state index is 13.3. The van der Waals surface area contributed by atoms with Crippen molar-refractivity contribution in [1.29, 1.82) is 0 Å². The normalized spacial score (nSPS) is 12.0. The topological polar surface area (TPSA) is 30.2 Å². The van der Waals surface area contributed by atoms with Gasteiger partial charge in [-0.05, 0) is 30.7 Å². The maximum atomic E-state index is 13.3. The summed E-state index contributed by atoms with van der Waals surface area (Å²) in [7, 11) is 0. The zero-order chi connectivity index (χ0) is 14.3. The van der Waals surface area contributed by atoms with Crippen molar-refractivity contribution in [3.63, 3.8) is 0 Å². The lowest BCUT2D eigenvalue weighted by molar-refractivity contribution is -0.137. The molecule has 0 unspecified atom stereocenters. The molecule has 0 fully saturated rings. The molecule has 20 heavy (non-hydrogen) atoms. The van der Waals surface area contributed by atoms with E-state index in [1.54, 1.807) is 35.1 Å². The fourth-order valence-electron chi connectivity index (χ4n) is 2.25. The van der Waals surface area contributed by atoms with Gasteiger partial charge in [0.05, 0.1) is 11.3 Å². The smallest absolute Gasteiger partial charge is 0.307 e. The van der Waals surface area contributed by atoms with Crippen LogP contribution in [0, 0.1) is 6.92 Å². The predicted octanol–water partition coefficient (Wildman–Crippen LogP) is 3.72. The molecule has 0 aromatic carbocycles. The minimum Gasteiger partial charge on any atom is -0.307 e. The summed E-state index contributed by atoms with van der Waals surface area (Å²) in [6.45, 7) is 1.43. The van der Waals surface area contributed by atoms with Crippen molar-refractivity contribution < 1.29 is 13.2 Å². The van der Waals surface area contributed by atoms with E-state index in [0.717, 1.165) is 0 Å². The van der Waals surface area contributed by atoms with Crippen molar-refractivity contribution >= 4 is 5.65 Å². The van der Waals surface area contributed by atoms with Crippen LogP contribution in [0.4, 0.5) is 13.2 Å². The van der Waals surface area contributed by atoms with Crippen LogP contribution in [0.3, 0.4) is 0 Å². The summed E-state index contributed by atoms with van der Waals surface area (Å²) in [5.74, 6) is 0. The molecule has 6 heteroatoms. The number of hydrogen-bond donors (Lipinski definition) is 0. The third-order valence-corrected chi connectivity index (χ3v) is 3.12. The van der Waals surface area contributed by atoms with Gasteiger partial charge >= 0.3 is 6.18 Å². The van der Waals surface area contributed by atoms with Crippen molar-refractivity contribution in [2.24, 2.45) is 0 Å². The van der Waals surface area contributed by atoms with Crippen LogP contribution in [0.25, 0.3) is 16.9 Å². The first kappa shape index (κ1) is 12.7. The third-order valence-electron chi connectivity index (χ3n) is 3.12. The standard InChI is InChI=1S/C14H10F3N3/c1-9-4-5-18-12(11(9)14(15,16)17)10-3-2-7-20-8-6-19-13(10)20/h2-8H,1H3.